The molecule has 2 nitrogen and oxygen atoms in total. The molecule has 1 fully saturated rings. The molecular weight excluding hydrogens is 473 g/mol. The zero-order chi connectivity index (χ0) is 26.3. The fraction of sp³-hybridized carbons (Fsp3) is 0.312. The summed E-state index contributed by atoms with van der Waals surface area (Å²) in [5.74, 6) is 0.212. The first-order chi connectivity index (χ1) is 17.6. The van der Waals surface area contributed by atoms with E-state index in [-0.39, 0.29) is 23.2 Å². The van der Waals surface area contributed by atoms with Crippen molar-refractivity contribution in [1.29, 1.82) is 0 Å². The van der Waals surface area contributed by atoms with E-state index in [0.717, 1.165) is 41.7 Å². The average Bonchev–Trinajstić information content (AvgIpc) is 2.86. The zero-order valence-corrected chi connectivity index (χ0v) is 21.6. The van der Waals surface area contributed by atoms with Gasteiger partial charge in [-0.25, -0.2) is 4.39 Å². The van der Waals surface area contributed by atoms with Gasteiger partial charge in [0.2, 0.25) is 0 Å². The van der Waals surface area contributed by atoms with Crippen LogP contribution in [0.15, 0.2) is 66.7 Å². The molecule has 2 atom stereocenters. The minimum Gasteiger partial charge on any atom is -0.429 e. The van der Waals surface area contributed by atoms with Crippen molar-refractivity contribution < 1.29 is 22.6 Å². The molecule has 1 heterocycles. The Balaban J connectivity index is 1.36. The summed E-state index contributed by atoms with van der Waals surface area (Å²) < 4.78 is 55.5. The van der Waals surface area contributed by atoms with E-state index in [1.54, 1.807) is 31.2 Å². The van der Waals surface area contributed by atoms with Gasteiger partial charge in [0.05, 0.1) is 11.7 Å². The number of ether oxygens (including phenoxy) is 2. The van der Waals surface area contributed by atoms with Gasteiger partial charge in [-0.1, -0.05) is 43.3 Å². The molecule has 37 heavy (non-hydrogen) atoms. The predicted octanol–water partition coefficient (Wildman–Crippen LogP) is 9.19. The summed E-state index contributed by atoms with van der Waals surface area (Å²) >= 11 is 0. The minimum atomic E-state index is -3.54. The second-order valence-corrected chi connectivity index (χ2v) is 10.3. The lowest BCUT2D eigenvalue weighted by molar-refractivity contribution is -0.185. The molecule has 192 valence electrons. The molecule has 0 aliphatic carbocycles. The van der Waals surface area contributed by atoms with Crippen molar-refractivity contribution in [2.75, 3.05) is 6.61 Å². The highest BCUT2D eigenvalue weighted by atomic mass is 19.3. The summed E-state index contributed by atoms with van der Waals surface area (Å²) in [4.78, 5) is 0. The molecule has 1 aliphatic rings. The highest BCUT2D eigenvalue weighted by Crippen LogP contribution is 2.38. The molecule has 4 aromatic carbocycles. The molecule has 0 bridgehead atoms. The Morgan fingerprint density at radius 1 is 0.838 bits per heavy atom. The van der Waals surface area contributed by atoms with Gasteiger partial charge < -0.3 is 9.47 Å². The Bertz CT molecular complexity index is 1410. The number of hydrogen-bond acceptors (Lipinski definition) is 2. The zero-order valence-electron chi connectivity index (χ0n) is 21.6. The first kappa shape index (κ1) is 25.3. The van der Waals surface area contributed by atoms with Gasteiger partial charge in [-0.15, -0.1) is 0 Å². The van der Waals surface area contributed by atoms with Gasteiger partial charge in [-0.3, -0.25) is 0 Å². The van der Waals surface area contributed by atoms with E-state index in [1.807, 2.05) is 13.8 Å². The maximum Gasteiger partial charge on any atom is 0.426 e. The Hall–Kier alpha value is -3.31. The van der Waals surface area contributed by atoms with Gasteiger partial charge in [0, 0.05) is 12.0 Å². The summed E-state index contributed by atoms with van der Waals surface area (Å²) in [5, 5.41) is 0.885. The molecule has 0 aromatic heterocycles. The quantitative estimate of drug-likeness (QED) is 0.270. The Morgan fingerprint density at radius 3 is 2.19 bits per heavy atom. The maximum absolute atomic E-state index is 15.1. The van der Waals surface area contributed by atoms with Crippen LogP contribution in [0.4, 0.5) is 13.2 Å². The molecule has 0 amide bonds. The van der Waals surface area contributed by atoms with E-state index in [2.05, 4.69) is 19.1 Å². The van der Waals surface area contributed by atoms with E-state index < -0.39 is 6.11 Å². The number of halogens is 3. The molecule has 5 rings (SSSR count). The van der Waals surface area contributed by atoms with Crippen LogP contribution >= 0.6 is 0 Å². The van der Waals surface area contributed by atoms with E-state index in [1.165, 1.54) is 35.9 Å². The van der Waals surface area contributed by atoms with Crippen LogP contribution < -0.4 is 4.74 Å². The third-order valence-electron chi connectivity index (χ3n) is 7.30. The van der Waals surface area contributed by atoms with Gasteiger partial charge >= 0.3 is 6.11 Å². The van der Waals surface area contributed by atoms with Gasteiger partial charge in [0.25, 0.3) is 0 Å². The van der Waals surface area contributed by atoms with Crippen LogP contribution in [0.3, 0.4) is 0 Å². The molecule has 5 heteroatoms. The number of alkyl halides is 2. The fourth-order valence-electron chi connectivity index (χ4n) is 5.26. The summed E-state index contributed by atoms with van der Waals surface area (Å²) in [6.07, 6.45) is -1.28. The Kier molecular flexibility index (Phi) is 6.76. The Labute approximate surface area is 216 Å². The number of benzene rings is 4. The second-order valence-electron chi connectivity index (χ2n) is 10.3. The monoisotopic (exact) mass is 504 g/mol. The van der Waals surface area contributed by atoms with E-state index >= 15 is 8.78 Å². The first-order valence-corrected chi connectivity index (χ1v) is 12.7. The van der Waals surface area contributed by atoms with Gasteiger partial charge in [-0.2, -0.15) is 8.78 Å². The molecule has 0 spiro atoms. The number of aryl methyl sites for hydroxylation is 3. The van der Waals surface area contributed by atoms with E-state index in [9.17, 15) is 4.39 Å². The summed E-state index contributed by atoms with van der Waals surface area (Å²) in [5.41, 5.74) is 5.52. The maximum atomic E-state index is 15.1. The van der Waals surface area contributed by atoms with Crippen molar-refractivity contribution in [3.8, 4) is 16.9 Å². The van der Waals surface area contributed by atoms with Crippen molar-refractivity contribution in [1.82, 2.24) is 0 Å². The minimum absolute atomic E-state index is 0.0218. The normalized spacial score (nSPS) is 18.2. The van der Waals surface area contributed by atoms with E-state index in [0.29, 0.717) is 22.3 Å². The number of fused-ring (bicyclic) bond motifs is 1. The largest absolute Gasteiger partial charge is 0.429 e. The molecule has 2 unspecified atom stereocenters. The van der Waals surface area contributed by atoms with Crippen molar-refractivity contribution in [3.05, 3.63) is 100 Å². The molecule has 0 radical (unpaired) electrons. The van der Waals surface area contributed by atoms with Crippen molar-refractivity contribution >= 4 is 10.8 Å². The number of hydrogen-bond donors (Lipinski definition) is 0. The van der Waals surface area contributed by atoms with Crippen LogP contribution in [0.1, 0.15) is 53.7 Å². The lowest BCUT2D eigenvalue weighted by Crippen LogP contribution is -2.21. The molecule has 0 N–H and O–H groups in total. The van der Waals surface area contributed by atoms with Crippen molar-refractivity contribution in [3.63, 3.8) is 0 Å². The highest BCUT2D eigenvalue weighted by Gasteiger charge is 2.34. The highest BCUT2D eigenvalue weighted by molar-refractivity contribution is 5.85. The average molecular weight is 505 g/mol. The first-order valence-electron chi connectivity index (χ1n) is 12.7. The number of rotatable bonds is 5. The summed E-state index contributed by atoms with van der Waals surface area (Å²) in [6, 6.07) is 18.1. The summed E-state index contributed by atoms with van der Waals surface area (Å²) in [7, 11) is 0. The SMILES string of the molecule is Cc1cc(C2CCC(C)CO2)cc(C)c1-c1ccc(C(F)(F)Oc2ccc3c(F)c(C)ccc3c2)cc1. The molecular formula is C32H31F3O2. The fourth-order valence-corrected chi connectivity index (χ4v) is 5.26. The smallest absolute Gasteiger partial charge is 0.426 e. The Morgan fingerprint density at radius 2 is 1.54 bits per heavy atom. The third-order valence-corrected chi connectivity index (χ3v) is 7.30. The van der Waals surface area contributed by atoms with Gasteiger partial charge in [-0.05, 0) is 109 Å². The van der Waals surface area contributed by atoms with Crippen LogP contribution in [-0.2, 0) is 10.8 Å². The van der Waals surface area contributed by atoms with Crippen molar-refractivity contribution in [2.24, 2.45) is 5.92 Å². The molecule has 1 saturated heterocycles. The van der Waals surface area contributed by atoms with Crippen LogP contribution in [0.2, 0.25) is 0 Å². The second kappa shape index (κ2) is 9.86. The standard InChI is InChI=1S/C32H31F3O2/c1-19-5-14-29(36-18-19)25-15-21(3)30(22(4)16-25)23-8-10-26(11-9-23)32(34,35)37-27-12-13-28-24(17-27)7-6-20(2)31(28)33/h6-13,15-17,19,29H,5,14,18H2,1-4H3. The summed E-state index contributed by atoms with van der Waals surface area (Å²) in [6.45, 7) is 8.75. The molecule has 0 saturated carbocycles. The lowest BCUT2D eigenvalue weighted by atomic mass is 9.89. The van der Waals surface area contributed by atoms with Crippen molar-refractivity contribution in [2.45, 2.75) is 52.7 Å². The molecule has 4 aromatic rings. The third kappa shape index (κ3) is 5.10. The van der Waals surface area contributed by atoms with Crippen LogP contribution in [-0.4, -0.2) is 6.61 Å². The topological polar surface area (TPSA) is 18.5 Å². The predicted molar refractivity (Wildman–Crippen MR) is 142 cm³/mol. The van der Waals surface area contributed by atoms with Gasteiger partial charge in [0.15, 0.2) is 0 Å². The van der Waals surface area contributed by atoms with Crippen LogP contribution in [0.5, 0.6) is 5.75 Å². The lowest BCUT2D eigenvalue weighted by Gasteiger charge is -2.28. The van der Waals surface area contributed by atoms with E-state index in [4.69, 9.17) is 9.47 Å². The van der Waals surface area contributed by atoms with Gasteiger partial charge in [0.1, 0.15) is 11.6 Å². The van der Waals surface area contributed by atoms with Crippen LogP contribution in [0.25, 0.3) is 21.9 Å². The van der Waals surface area contributed by atoms with Crippen LogP contribution in [0, 0.1) is 32.5 Å². The molecule has 1 aliphatic heterocycles.